The fraction of sp³-hybridized carbons (Fsp3) is 0.444. The molecule has 4 nitrogen and oxygen atoms in total. The molecular weight excluding hydrogens is 384 g/mol. The summed E-state index contributed by atoms with van der Waals surface area (Å²) in [7, 11) is 0. The van der Waals surface area contributed by atoms with Gasteiger partial charge >= 0.3 is 5.97 Å². The highest BCUT2D eigenvalue weighted by Crippen LogP contribution is 2.41. The minimum atomic E-state index is -0.455. The molecule has 4 heteroatoms. The summed E-state index contributed by atoms with van der Waals surface area (Å²) < 4.78 is 5.62. The van der Waals surface area contributed by atoms with Gasteiger partial charge in [0.05, 0.1) is 5.54 Å². The first-order valence-corrected chi connectivity index (χ1v) is 11.5. The third-order valence-electron chi connectivity index (χ3n) is 6.22. The number of carbonyl (C=O) groups excluding carboxylic acids is 1. The van der Waals surface area contributed by atoms with Crippen LogP contribution in [0.4, 0.5) is 0 Å². The Bertz CT molecular complexity index is 1030. The highest BCUT2D eigenvalue weighted by atomic mass is 16.6. The maximum atomic E-state index is 12.6. The summed E-state index contributed by atoms with van der Waals surface area (Å²) >= 11 is 0. The second-order valence-electron chi connectivity index (χ2n) is 9.71. The third kappa shape index (κ3) is 5.01. The van der Waals surface area contributed by atoms with Gasteiger partial charge in [0.25, 0.3) is 0 Å². The lowest BCUT2D eigenvalue weighted by Crippen LogP contribution is -2.46. The largest absolute Gasteiger partial charge is 0.460 e. The Morgan fingerprint density at radius 3 is 2.61 bits per heavy atom. The molecule has 31 heavy (non-hydrogen) atoms. The van der Waals surface area contributed by atoms with Crippen LogP contribution in [0.5, 0.6) is 0 Å². The molecule has 1 unspecified atom stereocenters. The van der Waals surface area contributed by atoms with Crippen LogP contribution in [0.15, 0.2) is 54.6 Å². The van der Waals surface area contributed by atoms with Gasteiger partial charge in [-0.3, -0.25) is 4.79 Å². The summed E-state index contributed by atoms with van der Waals surface area (Å²) in [5.41, 5.74) is 4.47. The summed E-state index contributed by atoms with van der Waals surface area (Å²) in [6.07, 6.45) is 5.31. The number of hydrogen-bond acceptors (Lipinski definition) is 3. The van der Waals surface area contributed by atoms with Gasteiger partial charge < -0.3 is 15.0 Å². The Morgan fingerprint density at radius 2 is 1.84 bits per heavy atom. The van der Waals surface area contributed by atoms with Gasteiger partial charge in [0, 0.05) is 29.6 Å². The molecule has 4 rings (SSSR count). The Kier molecular flexibility index (Phi) is 6.19. The van der Waals surface area contributed by atoms with Crippen LogP contribution in [0, 0.1) is 0 Å². The maximum absolute atomic E-state index is 12.6. The van der Waals surface area contributed by atoms with Crippen LogP contribution in [0.2, 0.25) is 0 Å². The maximum Gasteiger partial charge on any atom is 0.306 e. The van der Waals surface area contributed by atoms with Crippen molar-refractivity contribution in [2.45, 2.75) is 70.4 Å². The first kappa shape index (κ1) is 21.6. The summed E-state index contributed by atoms with van der Waals surface area (Å²) in [6, 6.07) is 19.1. The van der Waals surface area contributed by atoms with E-state index in [4.69, 9.17) is 4.74 Å². The zero-order chi connectivity index (χ0) is 21.9. The van der Waals surface area contributed by atoms with Crippen molar-refractivity contribution in [1.29, 1.82) is 0 Å². The molecule has 1 aliphatic carbocycles. The van der Waals surface area contributed by atoms with E-state index in [1.165, 1.54) is 27.7 Å². The number of aromatic amines is 1. The first-order valence-electron chi connectivity index (χ1n) is 11.5. The van der Waals surface area contributed by atoms with Crippen molar-refractivity contribution in [1.82, 2.24) is 10.3 Å². The number of nitrogens with one attached hydrogen (secondary N) is 2. The Labute approximate surface area is 185 Å². The second-order valence-corrected chi connectivity index (χ2v) is 9.71. The number of H-pyrrole nitrogens is 1. The Balaban J connectivity index is 1.59. The molecule has 1 aliphatic rings. The quantitative estimate of drug-likeness (QED) is 0.487. The number of esters is 1. The Hall–Kier alpha value is -2.59. The molecule has 164 valence electrons. The monoisotopic (exact) mass is 418 g/mol. The van der Waals surface area contributed by atoms with Crippen molar-refractivity contribution < 1.29 is 9.53 Å². The average Bonchev–Trinajstić information content (AvgIpc) is 3.12. The predicted octanol–water partition coefficient (Wildman–Crippen LogP) is 5.65. The van der Waals surface area contributed by atoms with E-state index in [2.05, 4.69) is 64.9 Å². The zero-order valence-electron chi connectivity index (χ0n) is 19.0. The van der Waals surface area contributed by atoms with E-state index in [9.17, 15) is 4.79 Å². The normalized spacial score (nSPS) is 18.7. The molecular formula is C27H34N2O2. The fourth-order valence-electron chi connectivity index (χ4n) is 4.87. The minimum absolute atomic E-state index is 0.125. The highest BCUT2D eigenvalue weighted by molar-refractivity contribution is 5.85. The van der Waals surface area contributed by atoms with Crippen molar-refractivity contribution in [3.63, 3.8) is 0 Å². The number of ether oxygens (including phenoxy) is 1. The van der Waals surface area contributed by atoms with Crippen molar-refractivity contribution >= 4 is 16.9 Å². The van der Waals surface area contributed by atoms with Crippen LogP contribution in [-0.4, -0.2) is 23.1 Å². The molecule has 1 aromatic heterocycles. The molecule has 0 saturated carbocycles. The number of fused-ring (bicyclic) bond motifs is 3. The lowest BCUT2D eigenvalue weighted by Gasteiger charge is -2.39. The lowest BCUT2D eigenvalue weighted by atomic mass is 9.77. The summed E-state index contributed by atoms with van der Waals surface area (Å²) in [4.78, 5) is 16.3. The topological polar surface area (TPSA) is 54.1 Å². The van der Waals surface area contributed by atoms with Crippen molar-refractivity contribution in [2.24, 2.45) is 0 Å². The van der Waals surface area contributed by atoms with E-state index in [-0.39, 0.29) is 11.5 Å². The molecule has 0 aliphatic heterocycles. The smallest absolute Gasteiger partial charge is 0.306 e. The predicted molar refractivity (Wildman–Crippen MR) is 126 cm³/mol. The molecule has 3 aromatic rings. The molecule has 1 atom stereocenters. The molecule has 0 amide bonds. The fourth-order valence-corrected chi connectivity index (χ4v) is 4.87. The van der Waals surface area contributed by atoms with Gasteiger partial charge in [0.15, 0.2) is 0 Å². The summed E-state index contributed by atoms with van der Waals surface area (Å²) in [5.74, 6) is -0.125. The molecule has 0 radical (unpaired) electrons. The van der Waals surface area contributed by atoms with Crippen LogP contribution < -0.4 is 5.32 Å². The van der Waals surface area contributed by atoms with Crippen molar-refractivity contribution in [2.75, 3.05) is 6.54 Å². The number of hydrogen-bond donors (Lipinski definition) is 2. The van der Waals surface area contributed by atoms with Crippen LogP contribution >= 0.6 is 0 Å². The van der Waals surface area contributed by atoms with Crippen LogP contribution in [-0.2, 0) is 27.9 Å². The molecule has 0 bridgehead atoms. The first-order chi connectivity index (χ1) is 14.9. The van der Waals surface area contributed by atoms with Gasteiger partial charge in [-0.25, -0.2) is 0 Å². The molecule has 0 fully saturated rings. The lowest BCUT2D eigenvalue weighted by molar-refractivity contribution is -0.155. The SMILES string of the molecule is CC(C)(C)OC(=O)CCC1(NCCc2ccccc2)CCCc2c1[nH]c1ccccc21. The number of aromatic nitrogens is 1. The summed E-state index contributed by atoms with van der Waals surface area (Å²) in [5, 5.41) is 5.19. The number of benzene rings is 2. The number of para-hydroxylation sites is 1. The molecule has 2 N–H and O–H groups in total. The van der Waals surface area contributed by atoms with Gasteiger partial charge in [-0.05, 0) is 70.1 Å². The number of rotatable bonds is 7. The van der Waals surface area contributed by atoms with Crippen molar-refractivity contribution in [3.8, 4) is 0 Å². The van der Waals surface area contributed by atoms with E-state index in [0.717, 1.165) is 38.6 Å². The molecule has 0 spiro atoms. The molecule has 0 saturated heterocycles. The molecule has 1 heterocycles. The van der Waals surface area contributed by atoms with Crippen LogP contribution in [0.1, 0.15) is 63.3 Å². The highest BCUT2D eigenvalue weighted by Gasteiger charge is 2.39. The molecule has 2 aromatic carbocycles. The van der Waals surface area contributed by atoms with Gasteiger partial charge in [-0.2, -0.15) is 0 Å². The number of carbonyl (C=O) groups is 1. The van der Waals surface area contributed by atoms with E-state index in [0.29, 0.717) is 6.42 Å². The van der Waals surface area contributed by atoms with E-state index in [1.54, 1.807) is 0 Å². The van der Waals surface area contributed by atoms with Crippen LogP contribution in [0.3, 0.4) is 0 Å². The van der Waals surface area contributed by atoms with Gasteiger partial charge in [-0.15, -0.1) is 0 Å². The van der Waals surface area contributed by atoms with Crippen molar-refractivity contribution in [3.05, 3.63) is 71.4 Å². The van der Waals surface area contributed by atoms with Crippen LogP contribution in [0.25, 0.3) is 10.9 Å². The van der Waals surface area contributed by atoms with E-state index < -0.39 is 5.60 Å². The number of aryl methyl sites for hydroxylation is 1. The standard InChI is InChI=1S/C27H34N2O2/c1-26(2,3)31-24(30)15-18-27(28-19-16-20-10-5-4-6-11-20)17-9-13-22-21-12-7-8-14-23(21)29-25(22)27/h4-8,10-12,14,28-29H,9,13,15-19H2,1-3H3. The van der Waals surface area contributed by atoms with Gasteiger partial charge in [0.2, 0.25) is 0 Å². The Morgan fingerprint density at radius 1 is 1.10 bits per heavy atom. The van der Waals surface area contributed by atoms with Gasteiger partial charge in [0.1, 0.15) is 5.60 Å². The second kappa shape index (κ2) is 8.88. The van der Waals surface area contributed by atoms with Gasteiger partial charge in [-0.1, -0.05) is 48.5 Å². The minimum Gasteiger partial charge on any atom is -0.460 e. The van der Waals surface area contributed by atoms with E-state index >= 15 is 0 Å². The third-order valence-corrected chi connectivity index (χ3v) is 6.22. The average molecular weight is 419 g/mol. The van der Waals surface area contributed by atoms with E-state index in [1.807, 2.05) is 20.8 Å². The summed E-state index contributed by atoms with van der Waals surface area (Å²) in [6.45, 7) is 6.65. The zero-order valence-corrected chi connectivity index (χ0v) is 19.0.